The van der Waals surface area contributed by atoms with E-state index in [1.807, 2.05) is 0 Å². The molecule has 0 atom stereocenters. The summed E-state index contributed by atoms with van der Waals surface area (Å²) in [5, 5.41) is 14.1. The van der Waals surface area contributed by atoms with Crippen molar-refractivity contribution < 1.29 is 19.4 Å². The van der Waals surface area contributed by atoms with Gasteiger partial charge in [0.1, 0.15) is 0 Å². The Bertz CT molecular complexity index is 333. The Morgan fingerprint density at radius 2 is 2.12 bits per heavy atom. The van der Waals surface area contributed by atoms with Crippen LogP contribution < -0.4 is 5.32 Å². The van der Waals surface area contributed by atoms with Crippen LogP contribution in [0.2, 0.25) is 0 Å². The maximum atomic E-state index is 11.2. The molecular weight excluding hydrogens is 254 g/mol. The average Bonchev–Trinajstić information content (AvgIpc) is 2.28. The maximum absolute atomic E-state index is 11.2. The van der Waals surface area contributed by atoms with Gasteiger partial charge in [0.25, 0.3) is 0 Å². The van der Waals surface area contributed by atoms with E-state index in [2.05, 4.69) is 14.7 Å². The molecule has 7 heteroatoms. The van der Waals surface area contributed by atoms with Crippen molar-refractivity contribution in [2.24, 2.45) is 0 Å². The molecule has 5 nitrogen and oxygen atoms in total. The van der Waals surface area contributed by atoms with Gasteiger partial charge in [-0.1, -0.05) is 5.04 Å². The number of hydrogen-bond donors (Lipinski definition) is 2. The van der Waals surface area contributed by atoms with Crippen LogP contribution in [-0.4, -0.2) is 17.0 Å². The lowest BCUT2D eigenvalue weighted by Crippen LogP contribution is -2.11. The fraction of sp³-hybridized carbons (Fsp3) is 0.222. The van der Waals surface area contributed by atoms with Gasteiger partial charge in [-0.3, -0.25) is 4.79 Å². The third-order valence-corrected chi connectivity index (χ3v) is 2.40. The molecule has 0 aromatic heterocycles. The van der Waals surface area contributed by atoms with Crippen LogP contribution in [0.4, 0.5) is 5.69 Å². The van der Waals surface area contributed by atoms with Crippen LogP contribution in [0.3, 0.4) is 0 Å². The number of nitrogens with one attached hydrogen (secondary N) is 1. The van der Waals surface area contributed by atoms with Gasteiger partial charge in [0, 0.05) is 22.9 Å². The van der Waals surface area contributed by atoms with Gasteiger partial charge in [-0.2, -0.15) is 0 Å². The van der Waals surface area contributed by atoms with Gasteiger partial charge in [-0.05, 0) is 24.3 Å². The molecule has 16 heavy (non-hydrogen) atoms. The third-order valence-electron chi connectivity index (χ3n) is 1.62. The monoisotopic (exact) mass is 263 g/mol. The molecule has 1 amide bonds. The summed E-state index contributed by atoms with van der Waals surface area (Å²) in [5.41, 5.74) is 0.671. The summed E-state index contributed by atoms with van der Waals surface area (Å²) in [6.45, 7) is 0. The number of alkyl halides is 1. The zero-order valence-corrected chi connectivity index (χ0v) is 9.75. The predicted octanol–water partition coefficient (Wildman–Crippen LogP) is 2.68. The summed E-state index contributed by atoms with van der Waals surface area (Å²) >= 11 is 6.28. The molecule has 0 saturated carbocycles. The van der Waals surface area contributed by atoms with Crippen LogP contribution in [0, 0.1) is 0 Å². The first-order chi connectivity index (χ1) is 7.76. The van der Waals surface area contributed by atoms with E-state index < -0.39 is 0 Å². The molecule has 0 bridgehead atoms. The van der Waals surface area contributed by atoms with Crippen LogP contribution in [-0.2, 0) is 14.2 Å². The first-order valence-corrected chi connectivity index (χ1v) is 5.64. The summed E-state index contributed by atoms with van der Waals surface area (Å²) in [6, 6.07) is 6.82. The third kappa shape index (κ3) is 4.82. The van der Waals surface area contributed by atoms with E-state index in [0.29, 0.717) is 11.6 Å². The van der Waals surface area contributed by atoms with Crippen molar-refractivity contribution in [3.63, 3.8) is 0 Å². The lowest BCUT2D eigenvalue weighted by atomic mass is 10.3. The molecule has 0 aliphatic heterocycles. The number of rotatable bonds is 6. The minimum atomic E-state index is -0.134. The fourth-order valence-corrected chi connectivity index (χ4v) is 1.49. The van der Waals surface area contributed by atoms with E-state index in [0.717, 1.165) is 16.9 Å². The second-order valence-corrected chi connectivity index (χ2v) is 3.89. The highest BCUT2D eigenvalue weighted by atomic mass is 35.5. The molecule has 0 radical (unpaired) electrons. The highest BCUT2D eigenvalue weighted by molar-refractivity contribution is 7.94. The summed E-state index contributed by atoms with van der Waals surface area (Å²) in [4.78, 5) is 11.9. The Kier molecular flexibility index (Phi) is 6.20. The van der Waals surface area contributed by atoms with Crippen molar-refractivity contribution in [3.05, 3.63) is 24.3 Å². The summed E-state index contributed by atoms with van der Waals surface area (Å²) < 4.78 is 4.25. The molecule has 1 aromatic rings. The highest BCUT2D eigenvalue weighted by Gasteiger charge is 2.01. The number of amides is 1. The van der Waals surface area contributed by atoms with Crippen LogP contribution in [0.5, 0.6) is 0 Å². The van der Waals surface area contributed by atoms with Crippen LogP contribution in [0.15, 0.2) is 29.2 Å². The van der Waals surface area contributed by atoms with Crippen molar-refractivity contribution in [1.29, 1.82) is 0 Å². The SMILES string of the molecule is O=C(CCCl)Nc1ccc(SOOO)cc1. The van der Waals surface area contributed by atoms with Gasteiger partial charge < -0.3 is 5.32 Å². The fourth-order valence-electron chi connectivity index (χ4n) is 0.958. The molecule has 2 N–H and O–H groups in total. The lowest BCUT2D eigenvalue weighted by Gasteiger charge is -2.04. The average molecular weight is 264 g/mol. The quantitative estimate of drug-likeness (QED) is 0.357. The van der Waals surface area contributed by atoms with Crippen molar-refractivity contribution in [2.75, 3.05) is 11.2 Å². The number of carbonyl (C=O) groups is 1. The summed E-state index contributed by atoms with van der Waals surface area (Å²) in [6.07, 6.45) is 0.277. The minimum Gasteiger partial charge on any atom is -0.326 e. The minimum absolute atomic E-state index is 0.134. The van der Waals surface area contributed by atoms with Gasteiger partial charge in [0.15, 0.2) is 0 Å². The van der Waals surface area contributed by atoms with Crippen molar-refractivity contribution >= 4 is 35.2 Å². The Hall–Kier alpha value is -0.790. The van der Waals surface area contributed by atoms with Gasteiger partial charge in [0.2, 0.25) is 5.91 Å². The summed E-state index contributed by atoms with van der Waals surface area (Å²) in [5.74, 6) is 0.159. The van der Waals surface area contributed by atoms with E-state index in [9.17, 15) is 4.79 Å². The molecule has 0 aliphatic carbocycles. The normalized spacial score (nSPS) is 10.1. The van der Waals surface area contributed by atoms with E-state index >= 15 is 0 Å². The molecular formula is C9H10ClNO4S. The zero-order chi connectivity index (χ0) is 11.8. The largest absolute Gasteiger partial charge is 0.326 e. The number of hydrogen-bond acceptors (Lipinski definition) is 5. The first-order valence-electron chi connectivity index (χ1n) is 4.37. The lowest BCUT2D eigenvalue weighted by molar-refractivity contribution is -0.432. The van der Waals surface area contributed by atoms with Gasteiger partial charge in [0.05, 0.1) is 12.0 Å². The Morgan fingerprint density at radius 1 is 1.44 bits per heavy atom. The number of halogens is 1. The molecule has 0 aliphatic rings. The van der Waals surface area contributed by atoms with E-state index in [1.54, 1.807) is 24.3 Å². The topological polar surface area (TPSA) is 67.8 Å². The smallest absolute Gasteiger partial charge is 0.225 e. The molecule has 88 valence electrons. The summed E-state index contributed by atoms with van der Waals surface area (Å²) in [7, 11) is 0. The predicted molar refractivity (Wildman–Crippen MR) is 61.1 cm³/mol. The second kappa shape index (κ2) is 7.48. The van der Waals surface area contributed by atoms with E-state index in [-0.39, 0.29) is 12.3 Å². The zero-order valence-electron chi connectivity index (χ0n) is 8.18. The molecule has 0 fully saturated rings. The van der Waals surface area contributed by atoms with Gasteiger partial charge in [-0.15, -0.1) is 15.9 Å². The van der Waals surface area contributed by atoms with E-state index in [1.165, 1.54) is 0 Å². The number of benzene rings is 1. The maximum Gasteiger partial charge on any atom is 0.225 e. The Morgan fingerprint density at radius 3 is 2.69 bits per heavy atom. The first kappa shape index (κ1) is 13.3. The molecule has 0 heterocycles. The van der Waals surface area contributed by atoms with Gasteiger partial charge >= 0.3 is 0 Å². The van der Waals surface area contributed by atoms with Crippen molar-refractivity contribution in [1.82, 2.24) is 0 Å². The van der Waals surface area contributed by atoms with Crippen LogP contribution >= 0.6 is 23.6 Å². The van der Waals surface area contributed by atoms with Gasteiger partial charge in [-0.25, -0.2) is 5.26 Å². The standard InChI is InChI=1S/C9H10ClNO4S/c10-6-5-9(12)11-7-1-3-8(4-2-7)16-15-14-13/h1-4,13H,5-6H2,(H,11,12). The number of anilines is 1. The molecule has 1 aromatic carbocycles. The van der Waals surface area contributed by atoms with E-state index in [4.69, 9.17) is 16.9 Å². The number of carbonyl (C=O) groups excluding carboxylic acids is 1. The molecule has 0 saturated heterocycles. The molecule has 0 unspecified atom stereocenters. The van der Waals surface area contributed by atoms with Crippen LogP contribution in [0.1, 0.15) is 6.42 Å². The highest BCUT2D eigenvalue weighted by Crippen LogP contribution is 2.21. The molecule has 0 spiro atoms. The Labute approximate surface area is 102 Å². The van der Waals surface area contributed by atoms with Crippen LogP contribution in [0.25, 0.3) is 0 Å². The van der Waals surface area contributed by atoms with Crippen molar-refractivity contribution in [3.8, 4) is 0 Å². The Balaban J connectivity index is 2.47. The van der Waals surface area contributed by atoms with Crippen molar-refractivity contribution in [2.45, 2.75) is 11.3 Å². The molecule has 1 rings (SSSR count). The second-order valence-electron chi connectivity index (χ2n) is 2.74.